The number of hydrogen-bond donors (Lipinski definition) is 0. The highest BCUT2D eigenvalue weighted by molar-refractivity contribution is 6.89. The molecule has 0 aliphatic carbocycles. The van der Waals surface area contributed by atoms with Gasteiger partial charge in [0.05, 0.1) is 19.5 Å². The quantitative estimate of drug-likeness (QED) is 0.669. The van der Waals surface area contributed by atoms with Crippen LogP contribution < -0.4 is 5.19 Å². The lowest BCUT2D eigenvalue weighted by atomic mass is 10.3. The maximum Gasteiger partial charge on any atom is 0.0864 e. The number of aromatic nitrogens is 2. The molecule has 2 nitrogen and oxygen atoms in total. The van der Waals surface area contributed by atoms with Gasteiger partial charge in [-0.15, -0.1) is 0 Å². The predicted molar refractivity (Wildman–Crippen MR) is 95.6 cm³/mol. The molecule has 0 fully saturated rings. The van der Waals surface area contributed by atoms with Crippen molar-refractivity contribution in [1.29, 1.82) is 0 Å². The van der Waals surface area contributed by atoms with Gasteiger partial charge in [-0.25, -0.2) is 4.68 Å². The highest BCUT2D eigenvalue weighted by Gasteiger charge is 2.25. The Morgan fingerprint density at radius 1 is 0.909 bits per heavy atom. The summed E-state index contributed by atoms with van der Waals surface area (Å²) < 4.78 is 2.10. The van der Waals surface area contributed by atoms with Crippen molar-refractivity contribution in [2.75, 3.05) is 0 Å². The zero-order valence-electron chi connectivity index (χ0n) is 13.5. The van der Waals surface area contributed by atoms with Gasteiger partial charge < -0.3 is 0 Å². The Hall–Kier alpha value is -2.13. The SMILES string of the molecule is Cc1cc(C[Si](C)(C)c2ccccc2)n(-c2ccccc2)n1. The van der Waals surface area contributed by atoms with Gasteiger partial charge in [-0.1, -0.05) is 66.8 Å². The lowest BCUT2D eigenvalue weighted by Gasteiger charge is -2.23. The van der Waals surface area contributed by atoms with E-state index in [-0.39, 0.29) is 0 Å². The molecule has 3 aromatic rings. The first-order valence-corrected chi connectivity index (χ1v) is 10.9. The number of aryl methyl sites for hydroxylation is 1. The summed E-state index contributed by atoms with van der Waals surface area (Å²) in [7, 11) is -1.53. The van der Waals surface area contributed by atoms with Crippen LogP contribution in [0.15, 0.2) is 66.7 Å². The fraction of sp³-hybridized carbons (Fsp3) is 0.211. The molecule has 0 spiro atoms. The third-order valence-corrected chi connectivity index (χ3v) is 7.23. The Labute approximate surface area is 133 Å². The third-order valence-electron chi connectivity index (χ3n) is 4.08. The second-order valence-electron chi connectivity index (χ2n) is 6.45. The summed E-state index contributed by atoms with van der Waals surface area (Å²) in [4.78, 5) is 0. The van der Waals surface area contributed by atoms with Crippen LogP contribution >= 0.6 is 0 Å². The van der Waals surface area contributed by atoms with Crippen LogP contribution in [0.4, 0.5) is 0 Å². The molecule has 0 aliphatic rings. The first-order valence-electron chi connectivity index (χ1n) is 7.73. The van der Waals surface area contributed by atoms with Gasteiger partial charge in [0.15, 0.2) is 0 Å². The number of para-hydroxylation sites is 1. The molecule has 112 valence electrons. The monoisotopic (exact) mass is 306 g/mol. The topological polar surface area (TPSA) is 17.8 Å². The van der Waals surface area contributed by atoms with Crippen LogP contribution in [0.2, 0.25) is 13.1 Å². The fourth-order valence-electron chi connectivity index (χ4n) is 2.92. The van der Waals surface area contributed by atoms with Crippen molar-refractivity contribution in [2.45, 2.75) is 26.1 Å². The number of hydrogen-bond acceptors (Lipinski definition) is 1. The van der Waals surface area contributed by atoms with Crippen molar-refractivity contribution in [3.63, 3.8) is 0 Å². The third kappa shape index (κ3) is 3.04. The lowest BCUT2D eigenvalue weighted by Crippen LogP contribution is -2.44. The van der Waals surface area contributed by atoms with Crippen molar-refractivity contribution < 1.29 is 0 Å². The van der Waals surface area contributed by atoms with Gasteiger partial charge in [0.2, 0.25) is 0 Å². The molecule has 0 unspecified atom stereocenters. The van der Waals surface area contributed by atoms with Gasteiger partial charge in [-0.05, 0) is 31.2 Å². The van der Waals surface area contributed by atoms with E-state index in [0.717, 1.165) is 17.4 Å². The number of rotatable bonds is 4. The van der Waals surface area contributed by atoms with Crippen molar-refractivity contribution in [2.24, 2.45) is 0 Å². The first-order chi connectivity index (χ1) is 10.6. The smallest absolute Gasteiger partial charge is 0.0864 e. The zero-order chi connectivity index (χ0) is 15.6. The Morgan fingerprint density at radius 3 is 2.14 bits per heavy atom. The highest BCUT2D eigenvalue weighted by Crippen LogP contribution is 2.17. The van der Waals surface area contributed by atoms with E-state index in [4.69, 9.17) is 5.10 Å². The summed E-state index contributed by atoms with van der Waals surface area (Å²) in [5.74, 6) is 0. The van der Waals surface area contributed by atoms with Gasteiger partial charge in [0.25, 0.3) is 0 Å². The molecule has 22 heavy (non-hydrogen) atoms. The Kier molecular flexibility index (Phi) is 3.99. The van der Waals surface area contributed by atoms with E-state index >= 15 is 0 Å². The van der Waals surface area contributed by atoms with Crippen LogP contribution in [0.1, 0.15) is 11.4 Å². The van der Waals surface area contributed by atoms with Crippen LogP contribution in [0.5, 0.6) is 0 Å². The van der Waals surface area contributed by atoms with Crippen LogP contribution in [-0.4, -0.2) is 17.9 Å². The highest BCUT2D eigenvalue weighted by atomic mass is 28.3. The Balaban J connectivity index is 1.96. The van der Waals surface area contributed by atoms with E-state index in [1.165, 1.54) is 10.9 Å². The summed E-state index contributed by atoms with van der Waals surface area (Å²) in [6.45, 7) is 6.93. The molecule has 1 aromatic heterocycles. The molecule has 0 N–H and O–H groups in total. The minimum Gasteiger partial charge on any atom is -0.238 e. The van der Waals surface area contributed by atoms with E-state index < -0.39 is 8.07 Å². The van der Waals surface area contributed by atoms with E-state index in [1.54, 1.807) is 0 Å². The second kappa shape index (κ2) is 5.93. The van der Waals surface area contributed by atoms with E-state index in [1.807, 2.05) is 6.07 Å². The summed E-state index contributed by atoms with van der Waals surface area (Å²) in [6, 6.07) is 24.6. The summed E-state index contributed by atoms with van der Waals surface area (Å²) in [5.41, 5.74) is 3.53. The molecule has 0 radical (unpaired) electrons. The second-order valence-corrected chi connectivity index (χ2v) is 11.1. The molecule has 0 bridgehead atoms. The van der Waals surface area contributed by atoms with Crippen LogP contribution in [0, 0.1) is 6.92 Å². The van der Waals surface area contributed by atoms with Crippen LogP contribution in [-0.2, 0) is 6.04 Å². The Morgan fingerprint density at radius 2 is 1.50 bits per heavy atom. The summed E-state index contributed by atoms with van der Waals surface area (Å²) in [5, 5.41) is 6.19. The molecular weight excluding hydrogens is 284 g/mol. The standard InChI is InChI=1S/C19H22N2Si/c1-16-14-18(21(20-16)17-10-6-4-7-11-17)15-22(2,3)19-12-8-5-9-13-19/h4-14H,15H2,1-3H3. The van der Waals surface area contributed by atoms with E-state index in [9.17, 15) is 0 Å². The van der Waals surface area contributed by atoms with Crippen molar-refractivity contribution in [3.05, 3.63) is 78.1 Å². The van der Waals surface area contributed by atoms with Gasteiger partial charge in [-0.3, -0.25) is 0 Å². The molecular formula is C19H22N2Si. The number of benzene rings is 2. The molecule has 0 atom stereocenters. The van der Waals surface area contributed by atoms with Crippen molar-refractivity contribution in [3.8, 4) is 5.69 Å². The van der Waals surface area contributed by atoms with Gasteiger partial charge in [0.1, 0.15) is 0 Å². The average molecular weight is 306 g/mol. The maximum absolute atomic E-state index is 4.70. The van der Waals surface area contributed by atoms with Gasteiger partial charge >= 0.3 is 0 Å². The van der Waals surface area contributed by atoms with Crippen molar-refractivity contribution in [1.82, 2.24) is 9.78 Å². The molecule has 3 rings (SSSR count). The molecule has 2 aromatic carbocycles. The minimum absolute atomic E-state index is 1.08. The first kappa shape index (κ1) is 14.8. The predicted octanol–water partition coefficient (Wildman–Crippen LogP) is 3.88. The lowest BCUT2D eigenvalue weighted by molar-refractivity contribution is 0.824. The Bertz CT molecular complexity index is 746. The van der Waals surface area contributed by atoms with E-state index in [2.05, 4.69) is 85.4 Å². The molecule has 0 saturated heterocycles. The van der Waals surface area contributed by atoms with E-state index in [0.29, 0.717) is 0 Å². The minimum atomic E-state index is -1.53. The van der Waals surface area contributed by atoms with Crippen LogP contribution in [0.25, 0.3) is 5.69 Å². The fourth-order valence-corrected chi connectivity index (χ4v) is 5.37. The zero-order valence-corrected chi connectivity index (χ0v) is 14.5. The van der Waals surface area contributed by atoms with Crippen LogP contribution in [0.3, 0.4) is 0 Å². The average Bonchev–Trinajstić information content (AvgIpc) is 2.89. The molecule has 0 saturated carbocycles. The van der Waals surface area contributed by atoms with Gasteiger partial charge in [0, 0.05) is 5.69 Å². The largest absolute Gasteiger partial charge is 0.238 e. The molecule has 1 heterocycles. The summed E-state index contributed by atoms with van der Waals surface area (Å²) >= 11 is 0. The molecule has 0 aliphatic heterocycles. The number of nitrogens with zero attached hydrogens (tertiary/aromatic N) is 2. The molecule has 3 heteroatoms. The van der Waals surface area contributed by atoms with Crippen molar-refractivity contribution >= 4 is 13.3 Å². The molecule has 0 amide bonds. The summed E-state index contributed by atoms with van der Waals surface area (Å²) in [6.07, 6.45) is 0. The maximum atomic E-state index is 4.70. The van der Waals surface area contributed by atoms with Gasteiger partial charge in [-0.2, -0.15) is 5.10 Å². The normalized spacial score (nSPS) is 11.6.